The topological polar surface area (TPSA) is 87.8 Å². The number of nitrogens with zero attached hydrogens (tertiary/aromatic N) is 4. The zero-order valence-corrected chi connectivity index (χ0v) is 19.1. The van der Waals surface area contributed by atoms with Gasteiger partial charge in [-0.15, -0.1) is 0 Å². The van der Waals surface area contributed by atoms with Crippen molar-refractivity contribution in [2.24, 2.45) is 7.05 Å². The normalized spacial score (nSPS) is 19.3. The highest BCUT2D eigenvalue weighted by Gasteiger charge is 2.27. The molecule has 0 bridgehead atoms. The second-order valence-corrected chi connectivity index (χ2v) is 8.55. The third-order valence-electron chi connectivity index (χ3n) is 6.28. The van der Waals surface area contributed by atoms with Crippen molar-refractivity contribution in [3.05, 3.63) is 45.1 Å². The maximum Gasteiger partial charge on any atom is 0.343 e. The number of pyridine rings is 1. The molecule has 2 aliphatic heterocycles. The minimum atomic E-state index is -0.482. The van der Waals surface area contributed by atoms with Crippen molar-refractivity contribution < 1.29 is 19.0 Å². The summed E-state index contributed by atoms with van der Waals surface area (Å²) in [6.07, 6.45) is 5.62. The largest absolute Gasteiger partial charge is 0.490 e. The van der Waals surface area contributed by atoms with E-state index in [0.29, 0.717) is 49.7 Å². The monoisotopic (exact) mass is 444 g/mol. The van der Waals surface area contributed by atoms with Gasteiger partial charge in [-0.2, -0.15) is 5.10 Å². The Labute approximate surface area is 187 Å². The van der Waals surface area contributed by atoms with Gasteiger partial charge in [0.25, 0.3) is 5.56 Å². The van der Waals surface area contributed by atoms with Gasteiger partial charge in [0, 0.05) is 69.8 Å². The van der Waals surface area contributed by atoms with E-state index in [9.17, 15) is 9.59 Å². The highest BCUT2D eigenvalue weighted by Crippen LogP contribution is 2.25. The number of rotatable bonds is 6. The summed E-state index contributed by atoms with van der Waals surface area (Å²) in [7, 11) is 3.27. The second kappa shape index (κ2) is 9.87. The van der Waals surface area contributed by atoms with E-state index >= 15 is 0 Å². The standard InChI is InChI=1S/C23H32N4O5/c1-16-17(13-25(2)24-16)14-26-8-7-19-22(23(29)30-3)20(12-21(28)27(19)10-9-26)32-15-18-6-4-5-11-31-18/h12-13,18H,4-11,14-15H2,1-3H3. The Bertz CT molecular complexity index is 1020. The van der Waals surface area contributed by atoms with Crippen LogP contribution in [-0.2, 0) is 36.0 Å². The van der Waals surface area contributed by atoms with Crippen LogP contribution in [0.2, 0.25) is 0 Å². The molecule has 2 aliphatic rings. The number of carbonyl (C=O) groups is 1. The van der Waals surface area contributed by atoms with Crippen LogP contribution in [-0.4, -0.2) is 64.7 Å². The fraction of sp³-hybridized carbons (Fsp3) is 0.609. The molecule has 1 saturated heterocycles. The van der Waals surface area contributed by atoms with Crippen LogP contribution in [0.5, 0.6) is 5.75 Å². The van der Waals surface area contributed by atoms with E-state index in [1.807, 2.05) is 24.9 Å². The quantitative estimate of drug-likeness (QED) is 0.627. The van der Waals surface area contributed by atoms with Crippen molar-refractivity contribution in [3.8, 4) is 5.75 Å². The fourth-order valence-corrected chi connectivity index (χ4v) is 4.55. The molecule has 0 aliphatic carbocycles. The molecule has 1 unspecified atom stereocenters. The molecule has 2 aromatic rings. The molecule has 0 radical (unpaired) electrons. The van der Waals surface area contributed by atoms with Crippen molar-refractivity contribution >= 4 is 5.97 Å². The highest BCUT2D eigenvalue weighted by molar-refractivity contribution is 5.93. The number of esters is 1. The Balaban J connectivity index is 1.57. The molecule has 0 N–H and O–H groups in total. The van der Waals surface area contributed by atoms with Crippen LogP contribution < -0.4 is 10.3 Å². The molecule has 1 atom stereocenters. The molecule has 4 heterocycles. The van der Waals surface area contributed by atoms with E-state index in [0.717, 1.165) is 43.7 Å². The van der Waals surface area contributed by atoms with Crippen LogP contribution in [0, 0.1) is 6.92 Å². The first-order valence-electron chi connectivity index (χ1n) is 11.3. The van der Waals surface area contributed by atoms with Gasteiger partial charge in [-0.25, -0.2) is 4.79 Å². The lowest BCUT2D eigenvalue weighted by Gasteiger charge is -2.24. The van der Waals surface area contributed by atoms with Crippen molar-refractivity contribution in [1.82, 2.24) is 19.2 Å². The highest BCUT2D eigenvalue weighted by atomic mass is 16.5. The zero-order valence-electron chi connectivity index (χ0n) is 19.1. The van der Waals surface area contributed by atoms with Gasteiger partial charge < -0.3 is 18.8 Å². The summed E-state index contributed by atoms with van der Waals surface area (Å²) in [4.78, 5) is 28.0. The van der Waals surface area contributed by atoms with Gasteiger partial charge in [0.15, 0.2) is 0 Å². The summed E-state index contributed by atoms with van der Waals surface area (Å²) in [6, 6.07) is 1.42. The van der Waals surface area contributed by atoms with Gasteiger partial charge in [-0.3, -0.25) is 14.4 Å². The van der Waals surface area contributed by atoms with Gasteiger partial charge in [0.05, 0.1) is 18.9 Å². The number of fused-ring (bicyclic) bond motifs is 1. The van der Waals surface area contributed by atoms with E-state index in [1.54, 1.807) is 4.57 Å². The molecular weight excluding hydrogens is 412 g/mol. The molecule has 0 spiro atoms. The number of aryl methyl sites for hydroxylation is 2. The Morgan fingerprint density at radius 1 is 1.28 bits per heavy atom. The molecule has 0 aromatic carbocycles. The first-order valence-corrected chi connectivity index (χ1v) is 11.3. The van der Waals surface area contributed by atoms with E-state index in [2.05, 4.69) is 10.00 Å². The number of carbonyl (C=O) groups excluding carboxylic acids is 1. The Kier molecular flexibility index (Phi) is 6.95. The molecule has 174 valence electrons. The lowest BCUT2D eigenvalue weighted by atomic mass is 10.1. The van der Waals surface area contributed by atoms with E-state index in [-0.39, 0.29) is 11.7 Å². The summed E-state index contributed by atoms with van der Waals surface area (Å²) in [6.45, 7) is 5.71. The van der Waals surface area contributed by atoms with Gasteiger partial charge in [0.2, 0.25) is 0 Å². The van der Waals surface area contributed by atoms with Crippen LogP contribution >= 0.6 is 0 Å². The lowest BCUT2D eigenvalue weighted by molar-refractivity contribution is -0.0114. The van der Waals surface area contributed by atoms with Gasteiger partial charge in [0.1, 0.15) is 17.9 Å². The predicted molar refractivity (Wildman–Crippen MR) is 118 cm³/mol. The van der Waals surface area contributed by atoms with Crippen molar-refractivity contribution in [1.29, 1.82) is 0 Å². The maximum atomic E-state index is 12.9. The summed E-state index contributed by atoms with van der Waals surface area (Å²) in [5.74, 6) is -0.191. The fourth-order valence-electron chi connectivity index (χ4n) is 4.55. The smallest absolute Gasteiger partial charge is 0.343 e. The average molecular weight is 445 g/mol. The lowest BCUT2D eigenvalue weighted by Crippen LogP contribution is -2.30. The van der Waals surface area contributed by atoms with Crippen LogP contribution in [0.3, 0.4) is 0 Å². The minimum Gasteiger partial charge on any atom is -0.490 e. The molecule has 2 aromatic heterocycles. The summed E-state index contributed by atoms with van der Waals surface area (Å²) in [5, 5.41) is 4.42. The average Bonchev–Trinajstić information content (AvgIpc) is 2.97. The summed E-state index contributed by atoms with van der Waals surface area (Å²) in [5.41, 5.74) is 3.03. The number of hydrogen-bond acceptors (Lipinski definition) is 7. The summed E-state index contributed by atoms with van der Waals surface area (Å²) >= 11 is 0. The van der Waals surface area contributed by atoms with Crippen LogP contribution in [0.25, 0.3) is 0 Å². The van der Waals surface area contributed by atoms with E-state index in [1.165, 1.54) is 13.2 Å². The summed E-state index contributed by atoms with van der Waals surface area (Å²) < 4.78 is 20.3. The zero-order chi connectivity index (χ0) is 22.7. The molecule has 4 rings (SSSR count). The Morgan fingerprint density at radius 2 is 2.12 bits per heavy atom. The van der Waals surface area contributed by atoms with Crippen molar-refractivity contribution in [2.75, 3.05) is 33.4 Å². The molecule has 9 nitrogen and oxygen atoms in total. The van der Waals surface area contributed by atoms with Gasteiger partial charge >= 0.3 is 5.97 Å². The molecule has 0 saturated carbocycles. The Morgan fingerprint density at radius 3 is 2.81 bits per heavy atom. The second-order valence-electron chi connectivity index (χ2n) is 8.55. The molecule has 1 fully saturated rings. The maximum absolute atomic E-state index is 12.9. The van der Waals surface area contributed by atoms with Crippen LogP contribution in [0.4, 0.5) is 0 Å². The van der Waals surface area contributed by atoms with E-state index < -0.39 is 5.97 Å². The van der Waals surface area contributed by atoms with Crippen LogP contribution in [0.15, 0.2) is 17.1 Å². The third-order valence-corrected chi connectivity index (χ3v) is 6.28. The van der Waals surface area contributed by atoms with Gasteiger partial charge in [-0.05, 0) is 26.2 Å². The molecular formula is C23H32N4O5. The number of hydrogen-bond donors (Lipinski definition) is 0. The first kappa shape index (κ1) is 22.5. The SMILES string of the molecule is COC(=O)c1c(OCC2CCCCO2)cc(=O)n2c1CCN(Cc1cn(C)nc1C)CC2. The number of ether oxygens (including phenoxy) is 3. The Hall–Kier alpha value is -2.65. The first-order chi connectivity index (χ1) is 15.5. The van der Waals surface area contributed by atoms with E-state index in [4.69, 9.17) is 14.2 Å². The number of methoxy groups -OCH3 is 1. The molecule has 32 heavy (non-hydrogen) atoms. The number of aromatic nitrogens is 3. The predicted octanol–water partition coefficient (Wildman–Crippen LogP) is 1.68. The van der Waals surface area contributed by atoms with Crippen LogP contribution in [0.1, 0.15) is 46.6 Å². The van der Waals surface area contributed by atoms with Crippen molar-refractivity contribution in [3.63, 3.8) is 0 Å². The molecule has 0 amide bonds. The van der Waals surface area contributed by atoms with Gasteiger partial charge in [-0.1, -0.05) is 0 Å². The molecule has 9 heteroatoms. The third kappa shape index (κ3) is 4.88. The van der Waals surface area contributed by atoms with Crippen molar-refractivity contribution in [2.45, 2.75) is 51.8 Å². The minimum absolute atomic E-state index is 0.0194.